The average molecular weight is 104 g/mol. The average Bonchev–Trinajstić information content (AvgIpc) is 1.61. The smallest absolute Gasteiger partial charge is 0.106 e. The first-order valence-corrected chi connectivity index (χ1v) is 2.22. The molecule has 7 heavy (non-hydrogen) atoms. The Labute approximate surface area is 43.0 Å². The Bertz CT molecular complexity index is 35.9. The molecule has 0 spiro atoms. The standard InChI is InChI=1S/C3H12N4/c4-1-2-7-3(5)6/h3,7H,1-2,4-6H2. The Morgan fingerprint density at radius 3 is 2.14 bits per heavy atom. The molecule has 44 valence electrons. The van der Waals surface area contributed by atoms with Gasteiger partial charge in [0, 0.05) is 13.1 Å². The van der Waals surface area contributed by atoms with Gasteiger partial charge in [0.05, 0.1) is 0 Å². The van der Waals surface area contributed by atoms with E-state index in [0.29, 0.717) is 13.1 Å². The molecule has 0 aliphatic carbocycles. The normalized spacial score (nSPS) is 10.3. The fraction of sp³-hybridized carbons (Fsp3) is 1.00. The van der Waals surface area contributed by atoms with Crippen LogP contribution in [0.5, 0.6) is 0 Å². The quantitative estimate of drug-likeness (QED) is 0.304. The summed E-state index contributed by atoms with van der Waals surface area (Å²) >= 11 is 0. The molecule has 0 aromatic heterocycles. The number of hydrogen-bond acceptors (Lipinski definition) is 4. The van der Waals surface area contributed by atoms with E-state index in [1.165, 1.54) is 0 Å². The highest BCUT2D eigenvalue weighted by Gasteiger charge is 1.85. The molecule has 0 rings (SSSR count). The first kappa shape index (κ1) is 6.84. The summed E-state index contributed by atoms with van der Waals surface area (Å²) in [5.41, 5.74) is 15.3. The third-order valence-corrected chi connectivity index (χ3v) is 0.524. The van der Waals surface area contributed by atoms with Crippen molar-refractivity contribution in [3.8, 4) is 0 Å². The Balaban J connectivity index is 2.68. The van der Waals surface area contributed by atoms with Crippen LogP contribution in [0.1, 0.15) is 0 Å². The van der Waals surface area contributed by atoms with Crippen LogP contribution in [0.2, 0.25) is 0 Å². The second-order valence-corrected chi connectivity index (χ2v) is 1.27. The van der Waals surface area contributed by atoms with Crippen LogP contribution >= 0.6 is 0 Å². The third-order valence-electron chi connectivity index (χ3n) is 0.524. The van der Waals surface area contributed by atoms with Gasteiger partial charge in [0.25, 0.3) is 0 Å². The molecule has 0 aromatic carbocycles. The summed E-state index contributed by atoms with van der Waals surface area (Å²) in [5, 5.41) is 2.73. The van der Waals surface area contributed by atoms with E-state index in [-0.39, 0.29) is 0 Å². The maximum Gasteiger partial charge on any atom is 0.106 e. The van der Waals surface area contributed by atoms with Gasteiger partial charge in [-0.15, -0.1) is 0 Å². The van der Waals surface area contributed by atoms with Crippen molar-refractivity contribution in [2.75, 3.05) is 13.1 Å². The van der Waals surface area contributed by atoms with Gasteiger partial charge in [-0.3, -0.25) is 5.32 Å². The summed E-state index contributed by atoms with van der Waals surface area (Å²) in [4.78, 5) is 0. The van der Waals surface area contributed by atoms with Gasteiger partial charge < -0.3 is 17.2 Å². The molecule has 0 unspecified atom stereocenters. The van der Waals surface area contributed by atoms with E-state index in [4.69, 9.17) is 17.2 Å². The molecule has 0 saturated carbocycles. The van der Waals surface area contributed by atoms with E-state index in [0.717, 1.165) is 0 Å². The monoisotopic (exact) mass is 104 g/mol. The Kier molecular flexibility index (Phi) is 3.92. The molecule has 4 heteroatoms. The summed E-state index contributed by atoms with van der Waals surface area (Å²) in [6, 6.07) is 0. The predicted molar refractivity (Wildman–Crippen MR) is 29.2 cm³/mol. The molecule has 0 fully saturated rings. The van der Waals surface area contributed by atoms with Gasteiger partial charge in [-0.1, -0.05) is 0 Å². The lowest BCUT2D eigenvalue weighted by Crippen LogP contribution is -2.46. The molecular formula is C3H12N4. The van der Waals surface area contributed by atoms with Crippen molar-refractivity contribution in [3.63, 3.8) is 0 Å². The van der Waals surface area contributed by atoms with Crippen LogP contribution in [0.3, 0.4) is 0 Å². The van der Waals surface area contributed by atoms with Crippen molar-refractivity contribution < 1.29 is 0 Å². The minimum Gasteiger partial charge on any atom is -0.329 e. The minimum absolute atomic E-state index is 0.427. The predicted octanol–water partition coefficient (Wildman–Crippen LogP) is -2.26. The van der Waals surface area contributed by atoms with Gasteiger partial charge in [0.1, 0.15) is 6.29 Å². The highest BCUT2D eigenvalue weighted by Crippen LogP contribution is 1.49. The zero-order chi connectivity index (χ0) is 5.70. The van der Waals surface area contributed by atoms with E-state index in [2.05, 4.69) is 5.32 Å². The van der Waals surface area contributed by atoms with Crippen LogP contribution in [0.15, 0.2) is 0 Å². The Morgan fingerprint density at radius 1 is 1.43 bits per heavy atom. The van der Waals surface area contributed by atoms with Gasteiger partial charge >= 0.3 is 0 Å². The van der Waals surface area contributed by atoms with Crippen LogP contribution in [-0.2, 0) is 0 Å². The Morgan fingerprint density at radius 2 is 2.00 bits per heavy atom. The zero-order valence-corrected chi connectivity index (χ0v) is 4.22. The van der Waals surface area contributed by atoms with Crippen molar-refractivity contribution in [2.24, 2.45) is 17.2 Å². The van der Waals surface area contributed by atoms with Crippen LogP contribution < -0.4 is 22.5 Å². The molecule has 7 N–H and O–H groups in total. The summed E-state index contributed by atoms with van der Waals surface area (Å²) in [7, 11) is 0. The molecule has 0 aliphatic heterocycles. The second kappa shape index (κ2) is 4.01. The first-order chi connectivity index (χ1) is 3.27. The molecule has 4 nitrogen and oxygen atoms in total. The number of rotatable bonds is 3. The number of nitrogens with one attached hydrogen (secondary N) is 1. The van der Waals surface area contributed by atoms with Gasteiger partial charge in [-0.05, 0) is 0 Å². The molecule has 0 amide bonds. The van der Waals surface area contributed by atoms with Crippen molar-refractivity contribution in [1.29, 1.82) is 0 Å². The summed E-state index contributed by atoms with van der Waals surface area (Å²) in [5.74, 6) is 0. The van der Waals surface area contributed by atoms with Gasteiger partial charge in [0.15, 0.2) is 0 Å². The van der Waals surface area contributed by atoms with E-state index in [1.54, 1.807) is 0 Å². The lowest BCUT2D eigenvalue weighted by Gasteiger charge is -2.04. The van der Waals surface area contributed by atoms with Crippen molar-refractivity contribution in [2.45, 2.75) is 6.29 Å². The third kappa shape index (κ3) is 5.84. The lowest BCUT2D eigenvalue weighted by molar-refractivity contribution is 0.553. The van der Waals surface area contributed by atoms with E-state index in [9.17, 15) is 0 Å². The maximum atomic E-state index is 5.10. The SMILES string of the molecule is NCCNC(N)N. The van der Waals surface area contributed by atoms with Crippen LogP contribution in [0, 0.1) is 0 Å². The molecule has 0 heterocycles. The number of nitrogens with two attached hydrogens (primary N) is 3. The van der Waals surface area contributed by atoms with Gasteiger partial charge in [-0.2, -0.15) is 0 Å². The molecule has 0 atom stereocenters. The van der Waals surface area contributed by atoms with Crippen LogP contribution in [0.25, 0.3) is 0 Å². The summed E-state index contributed by atoms with van der Waals surface area (Å²) in [6.07, 6.45) is -0.427. The van der Waals surface area contributed by atoms with Crippen molar-refractivity contribution >= 4 is 0 Å². The molecular weight excluding hydrogens is 92.1 g/mol. The van der Waals surface area contributed by atoms with E-state index >= 15 is 0 Å². The topological polar surface area (TPSA) is 90.1 Å². The maximum absolute atomic E-state index is 5.10. The largest absolute Gasteiger partial charge is 0.329 e. The minimum atomic E-state index is -0.427. The van der Waals surface area contributed by atoms with E-state index in [1.807, 2.05) is 0 Å². The fourth-order valence-electron chi connectivity index (χ4n) is 0.250. The molecule has 0 aliphatic rings. The zero-order valence-electron chi connectivity index (χ0n) is 4.22. The number of hydrogen-bond donors (Lipinski definition) is 4. The van der Waals surface area contributed by atoms with E-state index < -0.39 is 6.29 Å². The highest BCUT2D eigenvalue weighted by atomic mass is 15.1. The van der Waals surface area contributed by atoms with Crippen molar-refractivity contribution in [3.05, 3.63) is 0 Å². The van der Waals surface area contributed by atoms with Gasteiger partial charge in [-0.25, -0.2) is 0 Å². The Hall–Kier alpha value is -0.160. The summed E-state index contributed by atoms with van der Waals surface area (Å²) in [6.45, 7) is 1.25. The van der Waals surface area contributed by atoms with Gasteiger partial charge in [0.2, 0.25) is 0 Å². The summed E-state index contributed by atoms with van der Waals surface area (Å²) < 4.78 is 0. The van der Waals surface area contributed by atoms with Crippen LogP contribution in [-0.4, -0.2) is 19.4 Å². The van der Waals surface area contributed by atoms with Crippen molar-refractivity contribution in [1.82, 2.24) is 5.32 Å². The molecule has 0 bridgehead atoms. The second-order valence-electron chi connectivity index (χ2n) is 1.27. The highest BCUT2D eigenvalue weighted by molar-refractivity contribution is 4.47. The fourth-order valence-corrected chi connectivity index (χ4v) is 0.250. The van der Waals surface area contributed by atoms with Crippen LogP contribution in [0.4, 0.5) is 0 Å². The first-order valence-electron chi connectivity index (χ1n) is 2.22. The lowest BCUT2D eigenvalue weighted by atomic mass is 10.6. The molecule has 0 aromatic rings. The molecule has 0 radical (unpaired) electrons. The molecule has 0 saturated heterocycles.